The van der Waals surface area contributed by atoms with Gasteiger partial charge in [-0.3, -0.25) is 4.90 Å². The van der Waals surface area contributed by atoms with Crippen LogP contribution in [0.5, 0.6) is 5.75 Å². The fourth-order valence-electron chi connectivity index (χ4n) is 3.79. The zero-order valence-electron chi connectivity index (χ0n) is 14.2. The quantitative estimate of drug-likeness (QED) is 0.873. The molecule has 1 aliphatic rings. The van der Waals surface area contributed by atoms with Gasteiger partial charge in [-0.05, 0) is 56.8 Å². The molecular formula is C19H25NO3. The number of hydrogen-bond acceptors (Lipinski definition) is 4. The van der Waals surface area contributed by atoms with Crippen molar-refractivity contribution < 1.29 is 9.52 Å². The normalized spacial score (nSPS) is 19.3. The number of likely N-dealkylation sites (tertiary alicyclic amines) is 1. The van der Waals surface area contributed by atoms with E-state index in [-0.39, 0.29) is 11.4 Å². The van der Waals surface area contributed by atoms with E-state index in [9.17, 15) is 9.90 Å². The smallest absolute Gasteiger partial charge is 0.336 e. The average molecular weight is 315 g/mol. The van der Waals surface area contributed by atoms with Crippen LogP contribution in [-0.4, -0.2) is 22.6 Å². The van der Waals surface area contributed by atoms with Gasteiger partial charge in [0, 0.05) is 24.2 Å². The molecule has 0 saturated carbocycles. The SMILES string of the molecule is CC[C@H]1CCCCN1Cc1c(C)cc2oc(=O)cc(C)c2c1O. The van der Waals surface area contributed by atoms with Crippen LogP contribution >= 0.6 is 0 Å². The minimum absolute atomic E-state index is 0.265. The summed E-state index contributed by atoms with van der Waals surface area (Å²) in [7, 11) is 0. The molecule has 0 spiro atoms. The molecule has 0 aliphatic carbocycles. The highest BCUT2D eigenvalue weighted by atomic mass is 16.4. The molecule has 1 fully saturated rings. The molecule has 0 bridgehead atoms. The first-order valence-electron chi connectivity index (χ1n) is 8.51. The average Bonchev–Trinajstić information content (AvgIpc) is 2.50. The molecule has 4 nitrogen and oxygen atoms in total. The third-order valence-corrected chi connectivity index (χ3v) is 5.11. The molecule has 1 aromatic heterocycles. The maximum Gasteiger partial charge on any atom is 0.336 e. The van der Waals surface area contributed by atoms with Crippen LogP contribution in [-0.2, 0) is 6.54 Å². The molecule has 2 aromatic rings. The summed E-state index contributed by atoms with van der Waals surface area (Å²) >= 11 is 0. The van der Waals surface area contributed by atoms with E-state index in [1.54, 1.807) is 0 Å². The highest BCUT2D eigenvalue weighted by Gasteiger charge is 2.23. The molecule has 0 unspecified atom stereocenters. The van der Waals surface area contributed by atoms with Crippen molar-refractivity contribution in [2.45, 2.75) is 59.0 Å². The molecule has 3 rings (SSSR count). The third-order valence-electron chi connectivity index (χ3n) is 5.11. The molecule has 1 saturated heterocycles. The van der Waals surface area contributed by atoms with Gasteiger partial charge < -0.3 is 9.52 Å². The first kappa shape index (κ1) is 16.1. The summed E-state index contributed by atoms with van der Waals surface area (Å²) in [5, 5.41) is 11.5. The minimum atomic E-state index is -0.372. The molecular weight excluding hydrogens is 290 g/mol. The van der Waals surface area contributed by atoms with E-state index in [0.29, 0.717) is 17.0 Å². The predicted octanol–water partition coefficient (Wildman–Crippen LogP) is 3.88. The van der Waals surface area contributed by atoms with E-state index in [1.165, 1.54) is 25.3 Å². The van der Waals surface area contributed by atoms with Crippen LogP contribution in [0.2, 0.25) is 0 Å². The summed E-state index contributed by atoms with van der Waals surface area (Å²) in [6.07, 6.45) is 4.89. The maximum absolute atomic E-state index is 11.6. The first-order valence-corrected chi connectivity index (χ1v) is 8.51. The predicted molar refractivity (Wildman–Crippen MR) is 92.0 cm³/mol. The fourth-order valence-corrected chi connectivity index (χ4v) is 3.79. The number of phenolic OH excluding ortho intramolecular Hbond substituents is 1. The summed E-state index contributed by atoms with van der Waals surface area (Å²) in [4.78, 5) is 14.0. The van der Waals surface area contributed by atoms with Gasteiger partial charge in [0.25, 0.3) is 0 Å². The molecule has 124 valence electrons. The maximum atomic E-state index is 11.6. The Hall–Kier alpha value is -1.81. The number of aryl methyl sites for hydroxylation is 2. The summed E-state index contributed by atoms with van der Waals surface area (Å²) < 4.78 is 5.26. The molecule has 4 heteroatoms. The van der Waals surface area contributed by atoms with Crippen LogP contribution in [0.25, 0.3) is 11.0 Å². The zero-order valence-corrected chi connectivity index (χ0v) is 14.2. The second kappa shape index (κ2) is 6.36. The second-order valence-electron chi connectivity index (χ2n) is 6.67. The van der Waals surface area contributed by atoms with Crippen molar-refractivity contribution in [3.05, 3.63) is 39.2 Å². The minimum Gasteiger partial charge on any atom is -0.507 e. The van der Waals surface area contributed by atoms with Crippen molar-refractivity contribution in [3.8, 4) is 5.75 Å². The van der Waals surface area contributed by atoms with Crippen LogP contribution in [0.4, 0.5) is 0 Å². The van der Waals surface area contributed by atoms with Gasteiger partial charge in [-0.1, -0.05) is 13.3 Å². The molecule has 1 atom stereocenters. The van der Waals surface area contributed by atoms with Crippen molar-refractivity contribution >= 4 is 11.0 Å². The van der Waals surface area contributed by atoms with Gasteiger partial charge in [0.15, 0.2) is 0 Å². The lowest BCUT2D eigenvalue weighted by atomic mass is 9.96. The van der Waals surface area contributed by atoms with Crippen molar-refractivity contribution in [2.75, 3.05) is 6.54 Å². The molecule has 23 heavy (non-hydrogen) atoms. The number of fused-ring (bicyclic) bond motifs is 1. The van der Waals surface area contributed by atoms with Crippen molar-refractivity contribution in [2.24, 2.45) is 0 Å². The lowest BCUT2D eigenvalue weighted by molar-refractivity contribution is 0.135. The van der Waals surface area contributed by atoms with Crippen LogP contribution in [0, 0.1) is 13.8 Å². The van der Waals surface area contributed by atoms with Gasteiger partial charge in [0.2, 0.25) is 0 Å². The molecule has 2 heterocycles. The van der Waals surface area contributed by atoms with E-state index in [2.05, 4.69) is 11.8 Å². The number of hydrogen-bond donors (Lipinski definition) is 1. The topological polar surface area (TPSA) is 53.7 Å². The lowest BCUT2D eigenvalue weighted by Crippen LogP contribution is -2.38. The van der Waals surface area contributed by atoms with Crippen LogP contribution < -0.4 is 5.63 Å². The summed E-state index contributed by atoms with van der Waals surface area (Å²) in [6, 6.07) is 3.91. The van der Waals surface area contributed by atoms with Gasteiger partial charge in [-0.15, -0.1) is 0 Å². The zero-order chi connectivity index (χ0) is 16.6. The molecule has 1 aliphatic heterocycles. The second-order valence-corrected chi connectivity index (χ2v) is 6.67. The van der Waals surface area contributed by atoms with Gasteiger partial charge >= 0.3 is 5.63 Å². The summed E-state index contributed by atoms with van der Waals surface area (Å²) in [5.41, 5.74) is 2.79. The fraction of sp³-hybridized carbons (Fsp3) is 0.526. The van der Waals surface area contributed by atoms with Crippen molar-refractivity contribution in [3.63, 3.8) is 0 Å². The Morgan fingerprint density at radius 1 is 1.26 bits per heavy atom. The number of benzene rings is 1. The van der Waals surface area contributed by atoms with Gasteiger partial charge in [-0.25, -0.2) is 4.79 Å². The van der Waals surface area contributed by atoms with Crippen LogP contribution in [0.1, 0.15) is 49.3 Å². The molecule has 0 amide bonds. The Morgan fingerprint density at radius 3 is 2.78 bits per heavy atom. The van der Waals surface area contributed by atoms with E-state index in [1.807, 2.05) is 19.9 Å². The van der Waals surface area contributed by atoms with E-state index >= 15 is 0 Å². The van der Waals surface area contributed by atoms with E-state index in [0.717, 1.165) is 36.2 Å². The Kier molecular flexibility index (Phi) is 4.44. The Bertz CT molecular complexity index is 778. The highest BCUT2D eigenvalue weighted by molar-refractivity contribution is 5.88. The Labute approximate surface area is 136 Å². The van der Waals surface area contributed by atoms with E-state index in [4.69, 9.17) is 4.42 Å². The van der Waals surface area contributed by atoms with Gasteiger partial charge in [-0.2, -0.15) is 0 Å². The largest absolute Gasteiger partial charge is 0.507 e. The summed E-state index contributed by atoms with van der Waals surface area (Å²) in [6.45, 7) is 7.88. The summed E-state index contributed by atoms with van der Waals surface area (Å²) in [5.74, 6) is 0.265. The van der Waals surface area contributed by atoms with Crippen LogP contribution in [0.3, 0.4) is 0 Å². The number of rotatable bonds is 3. The monoisotopic (exact) mass is 315 g/mol. The Morgan fingerprint density at radius 2 is 2.04 bits per heavy atom. The van der Waals surface area contributed by atoms with Crippen molar-refractivity contribution in [1.82, 2.24) is 4.90 Å². The Balaban J connectivity index is 2.05. The number of piperidine rings is 1. The highest BCUT2D eigenvalue weighted by Crippen LogP contribution is 2.35. The number of aromatic hydroxyl groups is 1. The lowest BCUT2D eigenvalue weighted by Gasteiger charge is -2.35. The first-order chi connectivity index (χ1) is 11.0. The van der Waals surface area contributed by atoms with Crippen LogP contribution in [0.15, 0.2) is 21.3 Å². The molecule has 1 aromatic carbocycles. The molecule has 1 N–H and O–H groups in total. The number of nitrogens with zero attached hydrogens (tertiary/aromatic N) is 1. The molecule has 0 radical (unpaired) electrons. The third kappa shape index (κ3) is 3.00. The standard InChI is InChI=1S/C19H25NO3/c1-4-14-7-5-6-8-20(14)11-15-12(2)9-16-18(19(15)22)13(3)10-17(21)23-16/h9-10,14,22H,4-8,11H2,1-3H3/t14-/m0/s1. The van der Waals surface area contributed by atoms with E-state index < -0.39 is 0 Å². The number of phenols is 1. The van der Waals surface area contributed by atoms with Gasteiger partial charge in [0.1, 0.15) is 11.3 Å². The van der Waals surface area contributed by atoms with Gasteiger partial charge in [0.05, 0.1) is 5.39 Å². The van der Waals surface area contributed by atoms with Crippen molar-refractivity contribution in [1.29, 1.82) is 0 Å².